The summed E-state index contributed by atoms with van der Waals surface area (Å²) in [6.07, 6.45) is 0.923. The zero-order valence-corrected chi connectivity index (χ0v) is 15.9. The molecule has 2 amide bonds. The Hall–Kier alpha value is -2.18. The van der Waals surface area contributed by atoms with Crippen molar-refractivity contribution >= 4 is 39.1 Å². The number of benzene rings is 2. The quantitative estimate of drug-likeness (QED) is 0.711. The van der Waals surface area contributed by atoms with E-state index in [2.05, 4.69) is 22.9 Å². The lowest BCUT2D eigenvalue weighted by Crippen LogP contribution is -2.40. The van der Waals surface area contributed by atoms with Gasteiger partial charge in [-0.3, -0.25) is 14.4 Å². The van der Waals surface area contributed by atoms with Gasteiger partial charge < -0.3 is 0 Å². The highest BCUT2D eigenvalue weighted by molar-refractivity contribution is 9.10. The average molecular weight is 415 g/mol. The number of carbonyl (C=O) groups excluding carboxylic acids is 2. The topological polar surface area (TPSA) is 49.9 Å². The first-order valence-corrected chi connectivity index (χ1v) is 9.55. The molecule has 2 aromatic carbocycles. The first kappa shape index (κ1) is 17.2. The normalized spacial score (nSPS) is 25.1. The number of hydroxylamine groups is 1. The third-order valence-corrected chi connectivity index (χ3v) is 5.45. The molecule has 2 aliphatic heterocycles. The minimum Gasteiger partial charge on any atom is -0.273 e. The van der Waals surface area contributed by atoms with Crippen LogP contribution in [-0.4, -0.2) is 24.0 Å². The number of halogens is 1. The van der Waals surface area contributed by atoms with Crippen LogP contribution in [-0.2, 0) is 14.4 Å². The van der Waals surface area contributed by atoms with Crippen molar-refractivity contribution in [1.82, 2.24) is 0 Å². The number of para-hydroxylation sites is 1. The standard InChI is InChI=1S/C20H19BrN2O3/c1-2-6-16-17-18(26-23(16)15-7-4-3-5-8-15)20(25)22(19(17)24)14-11-9-13(21)10-12-14/h3-5,7-12,16-18H,2,6H2,1H3/t16-,17-,18-/m0/s1. The number of imide groups is 1. The van der Waals surface area contributed by atoms with Crippen molar-refractivity contribution < 1.29 is 14.4 Å². The van der Waals surface area contributed by atoms with Gasteiger partial charge in [-0.2, -0.15) is 0 Å². The fraction of sp³-hybridized carbons (Fsp3) is 0.300. The molecule has 2 aliphatic rings. The third kappa shape index (κ3) is 2.73. The molecule has 0 spiro atoms. The van der Waals surface area contributed by atoms with Crippen LogP contribution in [0.15, 0.2) is 59.1 Å². The van der Waals surface area contributed by atoms with E-state index >= 15 is 0 Å². The molecule has 0 radical (unpaired) electrons. The van der Waals surface area contributed by atoms with Crippen LogP contribution in [0.25, 0.3) is 0 Å². The van der Waals surface area contributed by atoms with Crippen molar-refractivity contribution in [3.05, 3.63) is 59.1 Å². The summed E-state index contributed by atoms with van der Waals surface area (Å²) in [6.45, 7) is 2.07. The first-order chi connectivity index (χ1) is 12.6. The summed E-state index contributed by atoms with van der Waals surface area (Å²) in [7, 11) is 0. The summed E-state index contributed by atoms with van der Waals surface area (Å²) in [5, 5.41) is 1.76. The van der Waals surface area contributed by atoms with Gasteiger partial charge in [0.2, 0.25) is 5.91 Å². The van der Waals surface area contributed by atoms with Crippen LogP contribution in [0.2, 0.25) is 0 Å². The molecule has 26 heavy (non-hydrogen) atoms. The average Bonchev–Trinajstić information content (AvgIpc) is 3.14. The molecule has 0 bridgehead atoms. The molecule has 5 nitrogen and oxygen atoms in total. The number of amides is 2. The van der Waals surface area contributed by atoms with Crippen molar-refractivity contribution in [2.45, 2.75) is 31.9 Å². The van der Waals surface area contributed by atoms with E-state index in [-0.39, 0.29) is 17.9 Å². The largest absolute Gasteiger partial charge is 0.273 e. The van der Waals surface area contributed by atoms with Gasteiger partial charge >= 0.3 is 0 Å². The number of hydrogen-bond acceptors (Lipinski definition) is 4. The molecule has 2 fully saturated rings. The zero-order chi connectivity index (χ0) is 18.3. The molecule has 0 N–H and O–H groups in total. The van der Waals surface area contributed by atoms with Crippen LogP contribution in [0.5, 0.6) is 0 Å². The third-order valence-electron chi connectivity index (χ3n) is 4.92. The second-order valence-corrected chi connectivity index (χ2v) is 7.47. The van der Waals surface area contributed by atoms with Gasteiger partial charge in [0, 0.05) is 4.47 Å². The van der Waals surface area contributed by atoms with E-state index in [0.717, 1.165) is 23.0 Å². The summed E-state index contributed by atoms with van der Waals surface area (Å²) in [6, 6.07) is 16.7. The predicted octanol–water partition coefficient (Wildman–Crippen LogP) is 3.93. The number of rotatable bonds is 4. The maximum absolute atomic E-state index is 13.1. The molecule has 3 atom stereocenters. The van der Waals surface area contributed by atoms with Gasteiger partial charge in [-0.15, -0.1) is 0 Å². The van der Waals surface area contributed by atoms with Gasteiger partial charge in [0.15, 0.2) is 6.10 Å². The molecule has 0 aromatic heterocycles. The number of carbonyl (C=O) groups is 2. The molecular weight excluding hydrogens is 396 g/mol. The number of anilines is 2. The maximum atomic E-state index is 13.1. The van der Waals surface area contributed by atoms with Crippen LogP contribution >= 0.6 is 15.9 Å². The predicted molar refractivity (Wildman–Crippen MR) is 103 cm³/mol. The molecule has 6 heteroatoms. The molecule has 2 heterocycles. The van der Waals surface area contributed by atoms with Gasteiger partial charge in [0.05, 0.1) is 23.3 Å². The van der Waals surface area contributed by atoms with Crippen LogP contribution in [0.3, 0.4) is 0 Å². The van der Waals surface area contributed by atoms with Crippen LogP contribution < -0.4 is 9.96 Å². The Morgan fingerprint density at radius 3 is 2.31 bits per heavy atom. The van der Waals surface area contributed by atoms with Crippen molar-refractivity contribution in [2.24, 2.45) is 5.92 Å². The highest BCUT2D eigenvalue weighted by Gasteiger charge is 2.59. The van der Waals surface area contributed by atoms with Crippen molar-refractivity contribution in [2.75, 3.05) is 9.96 Å². The minimum absolute atomic E-state index is 0.149. The molecule has 2 saturated heterocycles. The minimum atomic E-state index is -0.761. The molecular formula is C20H19BrN2O3. The van der Waals surface area contributed by atoms with Crippen LogP contribution in [0.4, 0.5) is 11.4 Å². The van der Waals surface area contributed by atoms with E-state index in [1.165, 1.54) is 4.90 Å². The van der Waals surface area contributed by atoms with Crippen LogP contribution in [0, 0.1) is 5.92 Å². The van der Waals surface area contributed by atoms with Gasteiger partial charge in [-0.25, -0.2) is 9.96 Å². The van der Waals surface area contributed by atoms with E-state index in [4.69, 9.17) is 4.84 Å². The van der Waals surface area contributed by atoms with E-state index in [9.17, 15) is 9.59 Å². The van der Waals surface area contributed by atoms with Gasteiger partial charge in [-0.05, 0) is 42.8 Å². The fourth-order valence-corrected chi connectivity index (χ4v) is 4.02. The Kier molecular flexibility index (Phi) is 4.54. The Morgan fingerprint density at radius 1 is 0.962 bits per heavy atom. The smallest absolute Gasteiger partial charge is 0.266 e. The van der Waals surface area contributed by atoms with Gasteiger partial charge in [0.25, 0.3) is 5.91 Å². The van der Waals surface area contributed by atoms with E-state index in [1.807, 2.05) is 42.5 Å². The summed E-state index contributed by atoms with van der Waals surface area (Å²) in [4.78, 5) is 33.4. The number of nitrogens with zero attached hydrogens (tertiary/aromatic N) is 2. The molecule has 2 aromatic rings. The molecule has 0 unspecified atom stereocenters. The molecule has 4 rings (SSSR count). The second-order valence-electron chi connectivity index (χ2n) is 6.56. The monoisotopic (exact) mass is 414 g/mol. The van der Waals surface area contributed by atoms with E-state index < -0.39 is 12.0 Å². The summed E-state index contributed by atoms with van der Waals surface area (Å²) in [5.41, 5.74) is 1.46. The summed E-state index contributed by atoms with van der Waals surface area (Å²) < 4.78 is 0.899. The summed E-state index contributed by atoms with van der Waals surface area (Å²) >= 11 is 3.38. The Balaban J connectivity index is 1.67. The zero-order valence-electron chi connectivity index (χ0n) is 14.3. The molecule has 134 valence electrons. The van der Waals surface area contributed by atoms with Crippen molar-refractivity contribution in [3.63, 3.8) is 0 Å². The van der Waals surface area contributed by atoms with Gasteiger partial charge in [0.1, 0.15) is 0 Å². The van der Waals surface area contributed by atoms with Crippen molar-refractivity contribution in [1.29, 1.82) is 0 Å². The van der Waals surface area contributed by atoms with Crippen molar-refractivity contribution in [3.8, 4) is 0 Å². The number of fused-ring (bicyclic) bond motifs is 1. The lowest BCUT2D eigenvalue weighted by Gasteiger charge is -2.28. The fourth-order valence-electron chi connectivity index (χ4n) is 3.76. The lowest BCUT2D eigenvalue weighted by atomic mass is 9.93. The van der Waals surface area contributed by atoms with E-state index in [1.54, 1.807) is 17.2 Å². The van der Waals surface area contributed by atoms with E-state index in [0.29, 0.717) is 5.69 Å². The summed E-state index contributed by atoms with van der Waals surface area (Å²) in [5.74, 6) is -0.952. The SMILES string of the molecule is CCC[C@H]1[C@@H]2C(=O)N(c3ccc(Br)cc3)C(=O)[C@H]2ON1c1ccccc1. The van der Waals surface area contributed by atoms with Crippen LogP contribution in [0.1, 0.15) is 19.8 Å². The Bertz CT molecular complexity index is 825. The van der Waals surface area contributed by atoms with Gasteiger partial charge in [-0.1, -0.05) is 47.5 Å². The highest BCUT2D eigenvalue weighted by Crippen LogP contribution is 2.41. The lowest BCUT2D eigenvalue weighted by molar-refractivity contribution is -0.126. The Morgan fingerprint density at radius 2 is 1.65 bits per heavy atom. The maximum Gasteiger partial charge on any atom is 0.266 e. The second kappa shape index (κ2) is 6.85. The molecule has 0 saturated carbocycles. The number of hydrogen-bond donors (Lipinski definition) is 0. The first-order valence-electron chi connectivity index (χ1n) is 8.76. The highest BCUT2D eigenvalue weighted by atomic mass is 79.9. The Labute approximate surface area is 160 Å². The molecule has 0 aliphatic carbocycles.